The van der Waals surface area contributed by atoms with Crippen molar-refractivity contribution in [1.29, 1.82) is 0 Å². The second-order valence-corrected chi connectivity index (χ2v) is 5.39. The van der Waals surface area contributed by atoms with Gasteiger partial charge in [0.25, 0.3) is 0 Å². The van der Waals surface area contributed by atoms with E-state index in [9.17, 15) is 9.90 Å². The molecule has 6 nitrogen and oxygen atoms in total. The number of benzene rings is 1. The molecule has 0 saturated heterocycles. The number of aromatic nitrogens is 3. The summed E-state index contributed by atoms with van der Waals surface area (Å²) in [6, 6.07) is 9.52. The molecule has 0 spiro atoms. The number of rotatable bonds is 2. The zero-order valence-corrected chi connectivity index (χ0v) is 12.3. The van der Waals surface area contributed by atoms with Crippen LogP contribution in [-0.2, 0) is 6.42 Å². The van der Waals surface area contributed by atoms with E-state index in [2.05, 4.69) is 16.5 Å². The molecule has 0 saturated carbocycles. The molecule has 0 unspecified atom stereocenters. The van der Waals surface area contributed by atoms with E-state index in [4.69, 9.17) is 0 Å². The molecule has 114 valence electrons. The van der Waals surface area contributed by atoms with Crippen molar-refractivity contribution in [1.82, 2.24) is 14.5 Å². The Hall–Kier alpha value is -3.15. The van der Waals surface area contributed by atoms with Gasteiger partial charge < -0.3 is 5.11 Å². The number of pyridine rings is 1. The minimum Gasteiger partial charge on any atom is -0.465 e. The highest BCUT2D eigenvalue weighted by Gasteiger charge is 2.24. The second-order valence-electron chi connectivity index (χ2n) is 5.39. The fourth-order valence-electron chi connectivity index (χ4n) is 2.95. The van der Waals surface area contributed by atoms with Crippen molar-refractivity contribution < 1.29 is 9.90 Å². The Balaban J connectivity index is 1.83. The van der Waals surface area contributed by atoms with Gasteiger partial charge in [-0.25, -0.2) is 14.8 Å². The van der Waals surface area contributed by atoms with Crippen molar-refractivity contribution in [2.45, 2.75) is 6.42 Å². The topological polar surface area (TPSA) is 71.2 Å². The largest absolute Gasteiger partial charge is 0.465 e. The van der Waals surface area contributed by atoms with Crippen LogP contribution in [0.25, 0.3) is 22.9 Å². The van der Waals surface area contributed by atoms with Crippen molar-refractivity contribution >= 4 is 29.0 Å². The van der Waals surface area contributed by atoms with E-state index in [-0.39, 0.29) is 0 Å². The van der Waals surface area contributed by atoms with E-state index in [0.29, 0.717) is 13.0 Å². The SMILES string of the molecule is C=Cc1ccc2ncn(-c3ccc4c(c3)CCN4C(=O)O)c2n1. The van der Waals surface area contributed by atoms with Crippen LogP contribution in [0.15, 0.2) is 43.2 Å². The third-order valence-electron chi connectivity index (χ3n) is 4.09. The summed E-state index contributed by atoms with van der Waals surface area (Å²) in [4.78, 5) is 21.5. The van der Waals surface area contributed by atoms with Gasteiger partial charge in [-0.3, -0.25) is 9.47 Å². The first kappa shape index (κ1) is 13.5. The van der Waals surface area contributed by atoms with Crippen molar-refractivity contribution in [2.75, 3.05) is 11.4 Å². The predicted octanol–water partition coefficient (Wildman–Crippen LogP) is 3.10. The standard InChI is InChI=1S/C17H14N4O2/c1-2-12-3-5-14-16(19-12)21(10-18-14)13-4-6-15-11(9-13)7-8-20(15)17(22)23/h2-6,9-10H,1,7-8H2,(H,22,23). The maximum absolute atomic E-state index is 11.2. The Labute approximate surface area is 132 Å². The lowest BCUT2D eigenvalue weighted by atomic mass is 10.1. The summed E-state index contributed by atoms with van der Waals surface area (Å²) >= 11 is 0. The van der Waals surface area contributed by atoms with Crippen LogP contribution in [-0.4, -0.2) is 32.3 Å². The maximum atomic E-state index is 11.2. The van der Waals surface area contributed by atoms with Crippen LogP contribution < -0.4 is 4.90 Å². The summed E-state index contributed by atoms with van der Waals surface area (Å²) < 4.78 is 1.91. The molecule has 3 aromatic rings. The van der Waals surface area contributed by atoms with Gasteiger partial charge in [0.15, 0.2) is 5.65 Å². The number of hydrogen-bond acceptors (Lipinski definition) is 3. The fraction of sp³-hybridized carbons (Fsp3) is 0.118. The van der Waals surface area contributed by atoms with Crippen LogP contribution >= 0.6 is 0 Å². The molecule has 0 aliphatic carbocycles. The molecule has 1 N–H and O–H groups in total. The molecule has 0 fully saturated rings. The van der Waals surface area contributed by atoms with Gasteiger partial charge in [0, 0.05) is 12.2 Å². The van der Waals surface area contributed by atoms with E-state index < -0.39 is 6.09 Å². The molecule has 1 amide bonds. The van der Waals surface area contributed by atoms with Crippen LogP contribution in [0.5, 0.6) is 0 Å². The number of imidazole rings is 1. The molecule has 1 aliphatic rings. The van der Waals surface area contributed by atoms with Crippen LogP contribution in [0.2, 0.25) is 0 Å². The molecule has 2 aromatic heterocycles. The van der Waals surface area contributed by atoms with Gasteiger partial charge in [-0.05, 0) is 48.4 Å². The molecule has 3 heterocycles. The number of carbonyl (C=O) groups is 1. The van der Waals surface area contributed by atoms with Gasteiger partial charge >= 0.3 is 6.09 Å². The molecule has 0 atom stereocenters. The van der Waals surface area contributed by atoms with Crippen molar-refractivity contribution in [2.24, 2.45) is 0 Å². The smallest absolute Gasteiger partial charge is 0.411 e. The summed E-state index contributed by atoms with van der Waals surface area (Å²) in [5, 5.41) is 9.20. The van der Waals surface area contributed by atoms with Gasteiger partial charge in [0.2, 0.25) is 0 Å². The quantitative estimate of drug-likeness (QED) is 0.789. The number of fused-ring (bicyclic) bond motifs is 2. The van der Waals surface area contributed by atoms with Gasteiger partial charge in [-0.1, -0.05) is 6.58 Å². The van der Waals surface area contributed by atoms with Gasteiger partial charge in [0.1, 0.15) is 11.8 Å². The molecular weight excluding hydrogens is 292 g/mol. The third kappa shape index (κ3) is 2.07. The Morgan fingerprint density at radius 3 is 2.96 bits per heavy atom. The Bertz CT molecular complexity index is 945. The molecule has 1 aromatic carbocycles. The first-order valence-electron chi connectivity index (χ1n) is 7.27. The molecular formula is C17H14N4O2. The lowest BCUT2D eigenvalue weighted by Crippen LogP contribution is -2.26. The molecule has 1 aliphatic heterocycles. The van der Waals surface area contributed by atoms with Crippen LogP contribution in [0.1, 0.15) is 11.3 Å². The maximum Gasteiger partial charge on any atom is 0.411 e. The van der Waals surface area contributed by atoms with E-state index in [1.807, 2.05) is 34.9 Å². The zero-order valence-electron chi connectivity index (χ0n) is 12.3. The highest BCUT2D eigenvalue weighted by molar-refractivity contribution is 5.89. The number of nitrogens with zero attached hydrogens (tertiary/aromatic N) is 4. The number of anilines is 1. The van der Waals surface area contributed by atoms with E-state index in [1.165, 1.54) is 4.90 Å². The van der Waals surface area contributed by atoms with Crippen molar-refractivity contribution in [3.63, 3.8) is 0 Å². The first-order valence-corrected chi connectivity index (χ1v) is 7.27. The highest BCUT2D eigenvalue weighted by Crippen LogP contribution is 2.30. The summed E-state index contributed by atoms with van der Waals surface area (Å²) in [7, 11) is 0. The highest BCUT2D eigenvalue weighted by atomic mass is 16.4. The predicted molar refractivity (Wildman–Crippen MR) is 88.0 cm³/mol. The number of amides is 1. The summed E-state index contributed by atoms with van der Waals surface area (Å²) in [6.45, 7) is 4.24. The number of hydrogen-bond donors (Lipinski definition) is 1. The lowest BCUT2D eigenvalue weighted by molar-refractivity contribution is 0.202. The van der Waals surface area contributed by atoms with Crippen LogP contribution in [0.4, 0.5) is 10.5 Å². The Kier molecular flexibility index (Phi) is 2.90. The number of carboxylic acid groups (broad SMARTS) is 1. The van der Waals surface area contributed by atoms with E-state index >= 15 is 0 Å². The average molecular weight is 306 g/mol. The van der Waals surface area contributed by atoms with E-state index in [0.717, 1.165) is 33.8 Å². The molecule has 23 heavy (non-hydrogen) atoms. The zero-order chi connectivity index (χ0) is 16.0. The minimum atomic E-state index is -0.915. The second kappa shape index (κ2) is 4.95. The van der Waals surface area contributed by atoms with Gasteiger partial charge in [0.05, 0.1) is 11.4 Å². The minimum absolute atomic E-state index is 0.498. The Morgan fingerprint density at radius 1 is 1.30 bits per heavy atom. The summed E-state index contributed by atoms with van der Waals surface area (Å²) in [6.07, 6.45) is 3.23. The van der Waals surface area contributed by atoms with Crippen LogP contribution in [0, 0.1) is 0 Å². The van der Waals surface area contributed by atoms with E-state index in [1.54, 1.807) is 12.4 Å². The van der Waals surface area contributed by atoms with Crippen molar-refractivity contribution in [3.8, 4) is 5.69 Å². The third-order valence-corrected chi connectivity index (χ3v) is 4.09. The average Bonchev–Trinajstić information content (AvgIpc) is 3.17. The summed E-state index contributed by atoms with van der Waals surface area (Å²) in [5.41, 5.74) is 5.06. The normalized spacial score (nSPS) is 13.3. The summed E-state index contributed by atoms with van der Waals surface area (Å²) in [5.74, 6) is 0. The first-order chi connectivity index (χ1) is 11.2. The molecule has 0 radical (unpaired) electrons. The monoisotopic (exact) mass is 306 g/mol. The van der Waals surface area contributed by atoms with Gasteiger partial charge in [-0.2, -0.15) is 0 Å². The Morgan fingerprint density at radius 2 is 2.17 bits per heavy atom. The lowest BCUT2D eigenvalue weighted by Gasteiger charge is -2.13. The molecule has 4 rings (SSSR count). The molecule has 6 heteroatoms. The van der Waals surface area contributed by atoms with Crippen LogP contribution in [0.3, 0.4) is 0 Å². The fourth-order valence-corrected chi connectivity index (χ4v) is 2.95. The van der Waals surface area contributed by atoms with Gasteiger partial charge in [-0.15, -0.1) is 0 Å². The molecule has 0 bridgehead atoms. The van der Waals surface area contributed by atoms with Crippen molar-refractivity contribution in [3.05, 3.63) is 54.5 Å².